The molecule has 0 aliphatic rings. The Balaban J connectivity index is 2.02. The molecule has 0 heterocycles. The summed E-state index contributed by atoms with van der Waals surface area (Å²) >= 11 is 0. The van der Waals surface area contributed by atoms with Crippen molar-refractivity contribution >= 4 is 11.7 Å². The van der Waals surface area contributed by atoms with Gasteiger partial charge < -0.3 is 20.1 Å². The number of rotatable bonds is 5. The first-order valence-corrected chi connectivity index (χ1v) is 6.95. The molecule has 22 heavy (non-hydrogen) atoms. The van der Waals surface area contributed by atoms with Gasteiger partial charge in [-0.15, -0.1) is 0 Å². The Morgan fingerprint density at radius 1 is 1.05 bits per heavy atom. The number of methoxy groups -OCH3 is 2. The minimum absolute atomic E-state index is 0.265. The van der Waals surface area contributed by atoms with Crippen LogP contribution >= 0.6 is 0 Å². The smallest absolute Gasteiger partial charge is 0.319 e. The van der Waals surface area contributed by atoms with Gasteiger partial charge in [0.15, 0.2) is 11.5 Å². The van der Waals surface area contributed by atoms with Gasteiger partial charge in [0.05, 0.1) is 14.2 Å². The summed E-state index contributed by atoms with van der Waals surface area (Å²) in [5.74, 6) is 1.21. The average molecular weight is 300 g/mol. The fourth-order valence-corrected chi connectivity index (χ4v) is 2.06. The Kier molecular flexibility index (Phi) is 5.25. The summed E-state index contributed by atoms with van der Waals surface area (Å²) in [6.45, 7) is 2.37. The molecule has 2 aromatic carbocycles. The van der Waals surface area contributed by atoms with E-state index in [-0.39, 0.29) is 6.03 Å². The molecule has 0 saturated heterocycles. The Morgan fingerprint density at radius 3 is 2.32 bits per heavy atom. The quantitative estimate of drug-likeness (QED) is 0.890. The highest BCUT2D eigenvalue weighted by Crippen LogP contribution is 2.32. The Labute approximate surface area is 130 Å². The van der Waals surface area contributed by atoms with Gasteiger partial charge in [-0.05, 0) is 24.1 Å². The molecule has 2 N–H and O–H groups in total. The zero-order valence-electron chi connectivity index (χ0n) is 13.0. The third-order valence-corrected chi connectivity index (χ3v) is 3.27. The van der Waals surface area contributed by atoms with Crippen molar-refractivity contribution in [2.75, 3.05) is 19.5 Å². The van der Waals surface area contributed by atoms with Gasteiger partial charge in [-0.25, -0.2) is 4.79 Å². The fraction of sp³-hybridized carbons (Fsp3) is 0.235. The van der Waals surface area contributed by atoms with E-state index in [0.717, 1.165) is 11.1 Å². The molecule has 5 heteroatoms. The number of anilines is 1. The van der Waals surface area contributed by atoms with Crippen LogP contribution in [0.15, 0.2) is 42.5 Å². The molecule has 116 valence electrons. The van der Waals surface area contributed by atoms with E-state index in [1.54, 1.807) is 20.3 Å². The SMILES string of the molecule is COc1cc(C)c(NC(=O)NCc2ccccc2)cc1OC. The van der Waals surface area contributed by atoms with Crippen LogP contribution in [-0.2, 0) is 6.54 Å². The lowest BCUT2D eigenvalue weighted by atomic mass is 10.1. The van der Waals surface area contributed by atoms with E-state index in [4.69, 9.17) is 9.47 Å². The van der Waals surface area contributed by atoms with Crippen LogP contribution in [-0.4, -0.2) is 20.3 Å². The van der Waals surface area contributed by atoms with Crippen molar-refractivity contribution in [2.45, 2.75) is 13.5 Å². The summed E-state index contributed by atoms with van der Waals surface area (Å²) in [7, 11) is 3.14. The highest BCUT2D eigenvalue weighted by Gasteiger charge is 2.10. The molecule has 0 unspecified atom stereocenters. The van der Waals surface area contributed by atoms with E-state index in [1.807, 2.05) is 43.3 Å². The van der Waals surface area contributed by atoms with Crippen LogP contribution < -0.4 is 20.1 Å². The first kappa shape index (κ1) is 15.7. The lowest BCUT2D eigenvalue weighted by Gasteiger charge is -2.14. The number of aryl methyl sites for hydroxylation is 1. The molecule has 0 atom stereocenters. The Hall–Kier alpha value is -2.69. The first-order chi connectivity index (χ1) is 10.6. The van der Waals surface area contributed by atoms with Gasteiger partial charge in [0.2, 0.25) is 0 Å². The summed E-state index contributed by atoms with van der Waals surface area (Å²) in [4.78, 5) is 12.0. The molecule has 0 fully saturated rings. The maximum atomic E-state index is 12.0. The molecule has 0 aromatic heterocycles. The van der Waals surface area contributed by atoms with Gasteiger partial charge in [0.1, 0.15) is 0 Å². The van der Waals surface area contributed by atoms with Crippen LogP contribution in [0.3, 0.4) is 0 Å². The first-order valence-electron chi connectivity index (χ1n) is 6.95. The summed E-state index contributed by atoms with van der Waals surface area (Å²) in [5, 5.41) is 5.64. The summed E-state index contributed by atoms with van der Waals surface area (Å²) in [5.41, 5.74) is 2.62. The monoisotopic (exact) mass is 300 g/mol. The van der Waals surface area contributed by atoms with Crippen molar-refractivity contribution < 1.29 is 14.3 Å². The molecule has 0 bridgehead atoms. The van der Waals surface area contributed by atoms with E-state index in [0.29, 0.717) is 23.7 Å². The number of nitrogens with one attached hydrogen (secondary N) is 2. The van der Waals surface area contributed by atoms with E-state index < -0.39 is 0 Å². The topological polar surface area (TPSA) is 59.6 Å². The van der Waals surface area contributed by atoms with Gasteiger partial charge in [0, 0.05) is 18.3 Å². The normalized spacial score (nSPS) is 9.95. The predicted octanol–water partition coefficient (Wildman–Crippen LogP) is 3.33. The van der Waals surface area contributed by atoms with Gasteiger partial charge in [0.25, 0.3) is 0 Å². The van der Waals surface area contributed by atoms with E-state index in [9.17, 15) is 4.79 Å². The predicted molar refractivity (Wildman–Crippen MR) is 86.6 cm³/mol. The number of amides is 2. The number of hydrogen-bond acceptors (Lipinski definition) is 3. The zero-order chi connectivity index (χ0) is 15.9. The van der Waals surface area contributed by atoms with Crippen molar-refractivity contribution in [3.05, 3.63) is 53.6 Å². The third kappa shape index (κ3) is 3.91. The van der Waals surface area contributed by atoms with Gasteiger partial charge in [-0.2, -0.15) is 0 Å². The number of carbonyl (C=O) groups excluding carboxylic acids is 1. The molecule has 0 aliphatic heterocycles. The number of urea groups is 1. The number of hydrogen-bond donors (Lipinski definition) is 2. The number of benzene rings is 2. The van der Waals surface area contributed by atoms with Gasteiger partial charge in [-0.3, -0.25) is 0 Å². The molecular formula is C17H20N2O3. The highest BCUT2D eigenvalue weighted by atomic mass is 16.5. The van der Waals surface area contributed by atoms with Crippen LogP contribution in [0.4, 0.5) is 10.5 Å². The molecule has 0 aliphatic carbocycles. The lowest BCUT2D eigenvalue weighted by molar-refractivity contribution is 0.251. The molecule has 0 saturated carbocycles. The van der Waals surface area contributed by atoms with Crippen LogP contribution in [0.25, 0.3) is 0 Å². The molecule has 2 aromatic rings. The Morgan fingerprint density at radius 2 is 1.68 bits per heavy atom. The van der Waals surface area contributed by atoms with Crippen molar-refractivity contribution in [1.82, 2.24) is 5.32 Å². The summed E-state index contributed by atoms with van der Waals surface area (Å²) < 4.78 is 10.5. The average Bonchev–Trinajstić information content (AvgIpc) is 2.55. The summed E-state index contributed by atoms with van der Waals surface area (Å²) in [6.07, 6.45) is 0. The van der Waals surface area contributed by atoms with Crippen LogP contribution in [0.5, 0.6) is 11.5 Å². The van der Waals surface area contributed by atoms with Crippen LogP contribution in [0, 0.1) is 6.92 Å². The molecular weight excluding hydrogens is 280 g/mol. The fourth-order valence-electron chi connectivity index (χ4n) is 2.06. The molecule has 0 spiro atoms. The number of carbonyl (C=O) groups is 1. The van der Waals surface area contributed by atoms with Gasteiger partial charge >= 0.3 is 6.03 Å². The van der Waals surface area contributed by atoms with Crippen molar-refractivity contribution in [2.24, 2.45) is 0 Å². The van der Waals surface area contributed by atoms with Gasteiger partial charge in [-0.1, -0.05) is 30.3 Å². The molecule has 2 amide bonds. The minimum atomic E-state index is -0.265. The highest BCUT2D eigenvalue weighted by molar-refractivity contribution is 5.90. The zero-order valence-corrected chi connectivity index (χ0v) is 13.0. The largest absolute Gasteiger partial charge is 0.493 e. The minimum Gasteiger partial charge on any atom is -0.493 e. The van der Waals surface area contributed by atoms with Crippen LogP contribution in [0.1, 0.15) is 11.1 Å². The molecule has 0 radical (unpaired) electrons. The second-order valence-corrected chi connectivity index (χ2v) is 4.82. The lowest BCUT2D eigenvalue weighted by Crippen LogP contribution is -2.28. The third-order valence-electron chi connectivity index (χ3n) is 3.27. The van der Waals surface area contributed by atoms with E-state index in [2.05, 4.69) is 10.6 Å². The molecule has 5 nitrogen and oxygen atoms in total. The van der Waals surface area contributed by atoms with Crippen molar-refractivity contribution in [3.8, 4) is 11.5 Å². The number of ether oxygens (including phenoxy) is 2. The maximum Gasteiger partial charge on any atom is 0.319 e. The second kappa shape index (κ2) is 7.36. The maximum absolute atomic E-state index is 12.0. The standard InChI is InChI=1S/C17H20N2O3/c1-12-9-15(21-2)16(22-3)10-14(12)19-17(20)18-11-13-7-5-4-6-8-13/h4-10H,11H2,1-3H3,(H2,18,19,20). The van der Waals surface area contributed by atoms with Crippen LogP contribution in [0.2, 0.25) is 0 Å². The second-order valence-electron chi connectivity index (χ2n) is 4.82. The van der Waals surface area contributed by atoms with Crippen molar-refractivity contribution in [1.29, 1.82) is 0 Å². The summed E-state index contributed by atoms with van der Waals surface area (Å²) in [6, 6.07) is 13.0. The molecule has 2 rings (SSSR count). The van der Waals surface area contributed by atoms with Crippen molar-refractivity contribution in [3.63, 3.8) is 0 Å². The van der Waals surface area contributed by atoms with E-state index in [1.165, 1.54) is 0 Å². The Bertz CT molecular complexity index is 642. The van der Waals surface area contributed by atoms with E-state index >= 15 is 0 Å².